The predicted molar refractivity (Wildman–Crippen MR) is 77.3 cm³/mol. The van der Waals surface area contributed by atoms with Crippen molar-refractivity contribution in [1.82, 2.24) is 15.2 Å². The van der Waals surface area contributed by atoms with Gasteiger partial charge in [0.25, 0.3) is 0 Å². The van der Waals surface area contributed by atoms with Crippen LogP contribution in [0.3, 0.4) is 0 Å². The molecule has 0 aromatic carbocycles. The number of ether oxygens (including phenoxy) is 1. The first kappa shape index (κ1) is 15.4. The summed E-state index contributed by atoms with van der Waals surface area (Å²) in [6.07, 6.45) is 0.930. The van der Waals surface area contributed by atoms with Crippen molar-refractivity contribution in [2.45, 2.75) is 26.0 Å². The van der Waals surface area contributed by atoms with E-state index in [0.29, 0.717) is 10.6 Å². The monoisotopic (exact) mass is 299 g/mol. The van der Waals surface area contributed by atoms with E-state index in [1.54, 1.807) is 7.11 Å². The van der Waals surface area contributed by atoms with Gasteiger partial charge in [-0.1, -0.05) is 6.92 Å². The minimum Gasteiger partial charge on any atom is -0.477 e. The van der Waals surface area contributed by atoms with E-state index in [0.717, 1.165) is 37.6 Å². The molecule has 20 heavy (non-hydrogen) atoms. The Morgan fingerprint density at radius 3 is 2.80 bits per heavy atom. The number of carbonyl (C=O) groups is 1. The van der Waals surface area contributed by atoms with E-state index < -0.39 is 5.97 Å². The minimum absolute atomic E-state index is 0.200. The summed E-state index contributed by atoms with van der Waals surface area (Å²) in [4.78, 5) is 18.5. The van der Waals surface area contributed by atoms with Gasteiger partial charge in [0.2, 0.25) is 0 Å². The second kappa shape index (κ2) is 7.12. The van der Waals surface area contributed by atoms with Crippen LogP contribution in [-0.4, -0.2) is 54.2 Å². The van der Waals surface area contributed by atoms with Gasteiger partial charge in [-0.2, -0.15) is 0 Å². The Labute approximate surface area is 122 Å². The van der Waals surface area contributed by atoms with Crippen LogP contribution in [0.1, 0.15) is 39.8 Å². The Morgan fingerprint density at radius 2 is 2.25 bits per heavy atom. The van der Waals surface area contributed by atoms with E-state index in [2.05, 4.69) is 22.1 Å². The van der Waals surface area contributed by atoms with Crippen LogP contribution in [-0.2, 0) is 11.3 Å². The number of aromatic carboxylic acids is 1. The highest BCUT2D eigenvalue weighted by Gasteiger charge is 2.26. The van der Waals surface area contributed by atoms with Crippen molar-refractivity contribution in [3.8, 4) is 0 Å². The molecule has 1 fully saturated rings. The standard InChI is InChI=1S/C13H21N3O3S/c1-3-10(16-6-4-14-5-7-16)12-15-9(8-19-2)11(20-12)13(17)18/h10,14H,3-8H2,1-2H3,(H,17,18). The van der Waals surface area contributed by atoms with Crippen LogP contribution in [0.25, 0.3) is 0 Å². The fourth-order valence-corrected chi connectivity index (χ4v) is 3.62. The first-order valence-corrected chi connectivity index (χ1v) is 7.65. The lowest BCUT2D eigenvalue weighted by Crippen LogP contribution is -2.45. The zero-order valence-corrected chi connectivity index (χ0v) is 12.7. The van der Waals surface area contributed by atoms with Crippen LogP contribution < -0.4 is 5.32 Å². The Bertz CT molecular complexity index is 458. The highest BCUT2D eigenvalue weighted by Crippen LogP contribution is 2.30. The lowest BCUT2D eigenvalue weighted by atomic mass is 10.2. The summed E-state index contributed by atoms with van der Waals surface area (Å²) < 4.78 is 5.05. The number of piperazine rings is 1. The van der Waals surface area contributed by atoms with Gasteiger partial charge in [-0.05, 0) is 6.42 Å². The molecular formula is C13H21N3O3S. The van der Waals surface area contributed by atoms with Gasteiger partial charge in [-0.15, -0.1) is 11.3 Å². The van der Waals surface area contributed by atoms with E-state index in [9.17, 15) is 9.90 Å². The third-order valence-electron chi connectivity index (χ3n) is 3.45. The number of aromatic nitrogens is 1. The molecule has 1 saturated heterocycles. The van der Waals surface area contributed by atoms with Gasteiger partial charge in [-0.3, -0.25) is 4.90 Å². The minimum atomic E-state index is -0.920. The number of nitrogens with one attached hydrogen (secondary N) is 1. The number of carboxylic acid groups (broad SMARTS) is 1. The first-order chi connectivity index (χ1) is 9.67. The van der Waals surface area contributed by atoms with Crippen LogP contribution in [0.15, 0.2) is 0 Å². The molecule has 1 aliphatic heterocycles. The average Bonchev–Trinajstić information content (AvgIpc) is 2.85. The molecule has 1 aliphatic rings. The molecule has 0 saturated carbocycles. The maximum atomic E-state index is 11.3. The van der Waals surface area contributed by atoms with Crippen molar-refractivity contribution in [3.63, 3.8) is 0 Å². The Hall–Kier alpha value is -1.02. The van der Waals surface area contributed by atoms with Gasteiger partial charge in [0.1, 0.15) is 9.88 Å². The molecule has 0 aliphatic carbocycles. The largest absolute Gasteiger partial charge is 0.477 e. The van der Waals surface area contributed by atoms with Crippen LogP contribution in [0.4, 0.5) is 0 Å². The van der Waals surface area contributed by atoms with Crippen molar-refractivity contribution in [2.24, 2.45) is 0 Å². The van der Waals surface area contributed by atoms with Gasteiger partial charge in [0.05, 0.1) is 18.3 Å². The Morgan fingerprint density at radius 1 is 1.55 bits per heavy atom. The molecule has 1 atom stereocenters. The molecule has 0 radical (unpaired) electrons. The molecule has 7 heteroatoms. The molecule has 0 bridgehead atoms. The molecule has 2 heterocycles. The SMILES string of the molecule is CCC(c1nc(COC)c(C(=O)O)s1)N1CCNCC1. The zero-order valence-electron chi connectivity index (χ0n) is 11.9. The van der Waals surface area contributed by atoms with E-state index in [1.165, 1.54) is 11.3 Å². The molecule has 2 rings (SSSR count). The summed E-state index contributed by atoms with van der Waals surface area (Å²) in [5.41, 5.74) is 0.536. The van der Waals surface area contributed by atoms with Gasteiger partial charge in [0.15, 0.2) is 0 Å². The molecule has 0 amide bonds. The smallest absolute Gasteiger partial charge is 0.347 e. The van der Waals surface area contributed by atoms with Crippen LogP contribution in [0.5, 0.6) is 0 Å². The van der Waals surface area contributed by atoms with Crippen LogP contribution >= 0.6 is 11.3 Å². The Kier molecular flexibility index (Phi) is 5.47. The molecular weight excluding hydrogens is 278 g/mol. The molecule has 6 nitrogen and oxygen atoms in total. The van der Waals surface area contributed by atoms with Crippen molar-refractivity contribution in [2.75, 3.05) is 33.3 Å². The Balaban J connectivity index is 2.24. The van der Waals surface area contributed by atoms with E-state index in [1.807, 2.05) is 0 Å². The first-order valence-electron chi connectivity index (χ1n) is 6.84. The van der Waals surface area contributed by atoms with Crippen molar-refractivity contribution in [1.29, 1.82) is 0 Å². The number of hydrogen-bond donors (Lipinski definition) is 2. The topological polar surface area (TPSA) is 74.7 Å². The molecule has 1 unspecified atom stereocenters. The van der Waals surface area contributed by atoms with Crippen molar-refractivity contribution >= 4 is 17.3 Å². The number of carboxylic acids is 1. The summed E-state index contributed by atoms with van der Waals surface area (Å²) in [6.45, 7) is 6.25. The number of rotatable bonds is 6. The quantitative estimate of drug-likeness (QED) is 0.826. The van der Waals surface area contributed by atoms with Gasteiger partial charge < -0.3 is 15.2 Å². The van der Waals surface area contributed by atoms with E-state index in [-0.39, 0.29) is 12.6 Å². The normalized spacial score (nSPS) is 18.1. The lowest BCUT2D eigenvalue weighted by molar-refractivity contribution is 0.0697. The number of hydrogen-bond acceptors (Lipinski definition) is 6. The fourth-order valence-electron chi connectivity index (χ4n) is 2.50. The molecule has 1 aromatic rings. The molecule has 112 valence electrons. The summed E-state index contributed by atoms with van der Waals surface area (Å²) in [5.74, 6) is -0.920. The fraction of sp³-hybridized carbons (Fsp3) is 0.692. The molecule has 0 spiro atoms. The third-order valence-corrected chi connectivity index (χ3v) is 4.64. The maximum absolute atomic E-state index is 11.3. The summed E-state index contributed by atoms with van der Waals surface area (Å²) in [5, 5.41) is 13.5. The highest BCUT2D eigenvalue weighted by molar-refractivity contribution is 7.13. The highest BCUT2D eigenvalue weighted by atomic mass is 32.1. The van der Waals surface area contributed by atoms with E-state index in [4.69, 9.17) is 4.74 Å². The zero-order chi connectivity index (χ0) is 14.5. The summed E-state index contributed by atoms with van der Waals surface area (Å²) in [6, 6.07) is 0.200. The molecule has 2 N–H and O–H groups in total. The number of nitrogens with zero attached hydrogens (tertiary/aromatic N) is 2. The second-order valence-electron chi connectivity index (χ2n) is 4.78. The van der Waals surface area contributed by atoms with Gasteiger partial charge in [0, 0.05) is 33.3 Å². The predicted octanol–water partition coefficient (Wildman–Crippen LogP) is 1.34. The summed E-state index contributed by atoms with van der Waals surface area (Å²) in [7, 11) is 1.55. The van der Waals surface area contributed by atoms with Crippen LogP contribution in [0.2, 0.25) is 0 Å². The summed E-state index contributed by atoms with van der Waals surface area (Å²) >= 11 is 1.28. The lowest BCUT2D eigenvalue weighted by Gasteiger charge is -2.33. The van der Waals surface area contributed by atoms with E-state index >= 15 is 0 Å². The number of thiazole rings is 1. The molecule has 1 aromatic heterocycles. The third kappa shape index (κ3) is 3.35. The second-order valence-corrected chi connectivity index (χ2v) is 5.81. The number of methoxy groups -OCH3 is 1. The van der Waals surface area contributed by atoms with Gasteiger partial charge in [-0.25, -0.2) is 9.78 Å². The van der Waals surface area contributed by atoms with Crippen molar-refractivity contribution in [3.05, 3.63) is 15.6 Å². The van der Waals surface area contributed by atoms with Crippen LogP contribution in [0, 0.1) is 0 Å². The van der Waals surface area contributed by atoms with Gasteiger partial charge >= 0.3 is 5.97 Å². The maximum Gasteiger partial charge on any atom is 0.347 e. The average molecular weight is 299 g/mol. The van der Waals surface area contributed by atoms with Crippen molar-refractivity contribution < 1.29 is 14.6 Å².